The highest BCUT2D eigenvalue weighted by Crippen LogP contribution is 2.40. The zero-order valence-corrected chi connectivity index (χ0v) is 16.7. The number of hydrogen-bond acceptors (Lipinski definition) is 6. The van der Waals surface area contributed by atoms with Crippen LogP contribution in [-0.2, 0) is 4.79 Å². The van der Waals surface area contributed by atoms with Crippen molar-refractivity contribution in [2.45, 2.75) is 25.8 Å². The van der Waals surface area contributed by atoms with Crippen molar-refractivity contribution in [2.75, 3.05) is 25.2 Å². The molecule has 30 heavy (non-hydrogen) atoms. The summed E-state index contributed by atoms with van der Waals surface area (Å²) < 4.78 is 11.0. The Kier molecular flexibility index (Phi) is 4.67. The molecule has 0 spiro atoms. The Morgan fingerprint density at radius 2 is 1.80 bits per heavy atom. The van der Waals surface area contributed by atoms with Gasteiger partial charge in [-0.1, -0.05) is 0 Å². The summed E-state index contributed by atoms with van der Waals surface area (Å²) in [4.78, 5) is 25.0. The van der Waals surface area contributed by atoms with Crippen LogP contribution in [0.4, 0.5) is 5.69 Å². The number of fused-ring (bicyclic) bond motifs is 2. The SMILES string of the molecule is CC(=O)c1ccc2c(c1)C(=C(NC1CCNCC1)c1ccc3c(c1)OCO3)C(=O)N2. The molecular weight excluding hydrogens is 382 g/mol. The normalized spacial score (nSPS) is 19.3. The minimum atomic E-state index is -0.181. The first-order chi connectivity index (χ1) is 14.6. The molecule has 7 nitrogen and oxygen atoms in total. The van der Waals surface area contributed by atoms with Crippen molar-refractivity contribution >= 4 is 28.6 Å². The number of hydrogen-bond donors (Lipinski definition) is 3. The lowest BCUT2D eigenvalue weighted by Gasteiger charge is -2.27. The molecule has 2 aromatic carbocycles. The van der Waals surface area contributed by atoms with E-state index < -0.39 is 0 Å². The maximum Gasteiger partial charge on any atom is 0.258 e. The Bertz CT molecular complexity index is 1070. The topological polar surface area (TPSA) is 88.7 Å². The van der Waals surface area contributed by atoms with Crippen molar-refractivity contribution < 1.29 is 19.1 Å². The van der Waals surface area contributed by atoms with Crippen LogP contribution < -0.4 is 25.4 Å². The quantitative estimate of drug-likeness (QED) is 0.536. The standard InChI is InChI=1S/C23H23N3O4/c1-13(27)14-2-4-18-17(10-14)21(23(28)26-18)22(25-16-6-8-24-9-7-16)15-3-5-19-20(11-15)30-12-29-19/h2-5,10-11,16,24-25H,6-9,12H2,1H3,(H,26,28). The van der Waals surface area contributed by atoms with Crippen LogP contribution in [0.1, 0.15) is 41.3 Å². The van der Waals surface area contributed by atoms with E-state index in [4.69, 9.17) is 9.47 Å². The number of nitrogens with one attached hydrogen (secondary N) is 3. The molecule has 3 N–H and O–H groups in total. The van der Waals surface area contributed by atoms with Gasteiger partial charge in [-0.3, -0.25) is 9.59 Å². The third kappa shape index (κ3) is 3.31. The van der Waals surface area contributed by atoms with Gasteiger partial charge in [0.25, 0.3) is 5.91 Å². The third-order valence-corrected chi connectivity index (χ3v) is 5.77. The molecule has 3 aliphatic rings. The van der Waals surface area contributed by atoms with E-state index in [9.17, 15) is 9.59 Å². The fourth-order valence-corrected chi connectivity index (χ4v) is 4.16. The second kappa shape index (κ2) is 7.50. The molecule has 5 rings (SSSR count). The summed E-state index contributed by atoms with van der Waals surface area (Å²) in [5, 5.41) is 9.93. The van der Waals surface area contributed by atoms with E-state index in [0.717, 1.165) is 42.8 Å². The Hall–Kier alpha value is -3.32. The monoisotopic (exact) mass is 405 g/mol. The molecule has 1 amide bonds. The van der Waals surface area contributed by atoms with Gasteiger partial charge in [0.1, 0.15) is 0 Å². The van der Waals surface area contributed by atoms with Crippen LogP contribution >= 0.6 is 0 Å². The second-order valence-corrected chi connectivity index (χ2v) is 7.76. The summed E-state index contributed by atoms with van der Waals surface area (Å²) in [5.41, 5.74) is 4.17. The number of rotatable bonds is 4. The van der Waals surface area contributed by atoms with E-state index in [0.29, 0.717) is 28.3 Å². The van der Waals surface area contributed by atoms with Gasteiger partial charge in [0.15, 0.2) is 17.3 Å². The van der Waals surface area contributed by atoms with Crippen molar-refractivity contribution in [3.63, 3.8) is 0 Å². The van der Waals surface area contributed by atoms with Crippen LogP contribution in [0.15, 0.2) is 36.4 Å². The van der Waals surface area contributed by atoms with Gasteiger partial charge in [-0.05, 0) is 69.3 Å². The molecule has 0 aliphatic carbocycles. The van der Waals surface area contributed by atoms with E-state index in [1.807, 2.05) is 18.2 Å². The summed E-state index contributed by atoms with van der Waals surface area (Å²) in [6.45, 7) is 3.58. The number of anilines is 1. The van der Waals surface area contributed by atoms with Gasteiger partial charge in [-0.2, -0.15) is 0 Å². The third-order valence-electron chi connectivity index (χ3n) is 5.77. The zero-order chi connectivity index (χ0) is 20.7. The van der Waals surface area contributed by atoms with Crippen molar-refractivity contribution in [1.29, 1.82) is 0 Å². The number of carbonyl (C=O) groups excluding carboxylic acids is 2. The second-order valence-electron chi connectivity index (χ2n) is 7.76. The lowest BCUT2D eigenvalue weighted by atomic mass is 9.96. The average Bonchev–Trinajstić information content (AvgIpc) is 3.35. The fraction of sp³-hybridized carbons (Fsp3) is 0.304. The number of carbonyl (C=O) groups is 2. The lowest BCUT2D eigenvalue weighted by molar-refractivity contribution is -0.110. The largest absolute Gasteiger partial charge is 0.454 e. The van der Waals surface area contributed by atoms with Gasteiger partial charge in [-0.15, -0.1) is 0 Å². The van der Waals surface area contributed by atoms with Gasteiger partial charge < -0.3 is 25.4 Å². The number of amides is 1. The minimum Gasteiger partial charge on any atom is -0.454 e. The predicted molar refractivity (Wildman–Crippen MR) is 113 cm³/mol. The average molecular weight is 405 g/mol. The molecular formula is C23H23N3O4. The van der Waals surface area contributed by atoms with E-state index in [-0.39, 0.29) is 24.5 Å². The summed E-state index contributed by atoms with van der Waals surface area (Å²) in [6.07, 6.45) is 1.92. The lowest BCUT2D eigenvalue weighted by Crippen LogP contribution is -2.39. The molecule has 0 aromatic heterocycles. The molecule has 1 fully saturated rings. The van der Waals surface area contributed by atoms with Gasteiger partial charge >= 0.3 is 0 Å². The summed E-state index contributed by atoms with van der Waals surface area (Å²) in [5.74, 6) is 1.14. The number of Topliss-reactive ketones (excluding diaryl/α,β-unsaturated/α-hetero) is 1. The van der Waals surface area contributed by atoms with Gasteiger partial charge in [0.2, 0.25) is 6.79 Å². The first-order valence-electron chi connectivity index (χ1n) is 10.2. The molecule has 3 aliphatic heterocycles. The van der Waals surface area contributed by atoms with Crippen LogP contribution in [0.3, 0.4) is 0 Å². The Labute approximate surface area is 174 Å². The number of piperidine rings is 1. The van der Waals surface area contributed by atoms with E-state index in [1.54, 1.807) is 18.2 Å². The molecule has 2 aromatic rings. The molecule has 0 unspecified atom stereocenters. The number of benzene rings is 2. The van der Waals surface area contributed by atoms with Crippen LogP contribution in [0, 0.1) is 0 Å². The summed E-state index contributed by atoms with van der Waals surface area (Å²) >= 11 is 0. The van der Waals surface area contributed by atoms with E-state index in [2.05, 4.69) is 16.0 Å². The highest BCUT2D eigenvalue weighted by atomic mass is 16.7. The van der Waals surface area contributed by atoms with Crippen LogP contribution in [0.2, 0.25) is 0 Å². The molecule has 7 heteroatoms. The summed E-state index contributed by atoms with van der Waals surface area (Å²) in [6, 6.07) is 11.3. The fourth-order valence-electron chi connectivity index (χ4n) is 4.16. The molecule has 3 heterocycles. The predicted octanol–water partition coefficient (Wildman–Crippen LogP) is 2.78. The minimum absolute atomic E-state index is 0.0348. The van der Waals surface area contributed by atoms with E-state index >= 15 is 0 Å². The first kappa shape index (κ1) is 18.7. The maximum atomic E-state index is 13.0. The molecule has 0 saturated carbocycles. The number of ketones is 1. The Balaban J connectivity index is 1.66. The van der Waals surface area contributed by atoms with Crippen LogP contribution in [0.5, 0.6) is 11.5 Å². The molecule has 154 valence electrons. The molecule has 0 radical (unpaired) electrons. The van der Waals surface area contributed by atoms with Crippen molar-refractivity contribution in [3.8, 4) is 11.5 Å². The highest BCUT2D eigenvalue weighted by molar-refractivity contribution is 6.36. The highest BCUT2D eigenvalue weighted by Gasteiger charge is 2.30. The van der Waals surface area contributed by atoms with Crippen molar-refractivity contribution in [2.24, 2.45) is 0 Å². The first-order valence-corrected chi connectivity index (χ1v) is 10.2. The maximum absolute atomic E-state index is 13.0. The van der Waals surface area contributed by atoms with Crippen molar-refractivity contribution in [1.82, 2.24) is 10.6 Å². The van der Waals surface area contributed by atoms with Crippen LogP contribution in [-0.4, -0.2) is 37.6 Å². The van der Waals surface area contributed by atoms with Gasteiger partial charge in [0, 0.05) is 28.4 Å². The van der Waals surface area contributed by atoms with E-state index in [1.165, 1.54) is 6.92 Å². The smallest absolute Gasteiger partial charge is 0.258 e. The summed E-state index contributed by atoms with van der Waals surface area (Å²) in [7, 11) is 0. The molecule has 1 saturated heterocycles. The zero-order valence-electron chi connectivity index (χ0n) is 16.7. The van der Waals surface area contributed by atoms with Crippen molar-refractivity contribution in [3.05, 3.63) is 53.1 Å². The molecule has 0 bridgehead atoms. The number of ether oxygens (including phenoxy) is 2. The Morgan fingerprint density at radius 1 is 1.03 bits per heavy atom. The van der Waals surface area contributed by atoms with Crippen LogP contribution in [0.25, 0.3) is 11.3 Å². The Morgan fingerprint density at radius 3 is 2.60 bits per heavy atom. The van der Waals surface area contributed by atoms with Gasteiger partial charge in [0.05, 0.1) is 11.3 Å². The molecule has 0 atom stereocenters. The van der Waals surface area contributed by atoms with Gasteiger partial charge in [-0.25, -0.2) is 0 Å².